The van der Waals surface area contributed by atoms with Gasteiger partial charge in [0.25, 0.3) is 0 Å². The average Bonchev–Trinajstić information content (AvgIpc) is 2.44. The number of likely N-dealkylation sites (tertiary alicyclic amines) is 1. The Kier molecular flexibility index (Phi) is 2.18. The van der Waals surface area contributed by atoms with Crippen molar-refractivity contribution < 1.29 is 4.79 Å². The van der Waals surface area contributed by atoms with Crippen LogP contribution in [0.5, 0.6) is 0 Å². The predicted molar refractivity (Wildman–Crippen MR) is 48.0 cm³/mol. The molecule has 0 bridgehead atoms. The molecule has 0 aromatic heterocycles. The fourth-order valence-corrected chi connectivity index (χ4v) is 2.87. The number of likely N-dealkylation sites (N-methyl/N-ethyl adjacent to an activating group) is 1. The number of carbonyl (C=O) groups excluding carboxylic acids is 1. The van der Waals surface area contributed by atoms with Crippen LogP contribution in [0.2, 0.25) is 0 Å². The monoisotopic (exact) mass is 167 g/mol. The summed E-state index contributed by atoms with van der Waals surface area (Å²) >= 11 is 0. The Hall–Kier alpha value is -0.370. The Morgan fingerprint density at radius 3 is 2.75 bits per heavy atom. The molecule has 0 amide bonds. The Labute approximate surface area is 73.9 Å². The van der Waals surface area contributed by atoms with Gasteiger partial charge in [-0.2, -0.15) is 0 Å². The van der Waals surface area contributed by atoms with Gasteiger partial charge in [-0.15, -0.1) is 0 Å². The Morgan fingerprint density at radius 1 is 1.33 bits per heavy atom. The molecule has 1 aliphatic carbocycles. The molecule has 0 N–H and O–H groups in total. The first-order valence-electron chi connectivity index (χ1n) is 5.00. The molecule has 1 heterocycles. The van der Waals surface area contributed by atoms with E-state index < -0.39 is 0 Å². The van der Waals surface area contributed by atoms with Crippen LogP contribution >= 0.6 is 0 Å². The van der Waals surface area contributed by atoms with Crippen molar-refractivity contribution in [3.8, 4) is 0 Å². The lowest BCUT2D eigenvalue weighted by molar-refractivity contribution is -0.111. The van der Waals surface area contributed by atoms with Crippen molar-refractivity contribution in [3.05, 3.63) is 0 Å². The van der Waals surface area contributed by atoms with Gasteiger partial charge in [0.15, 0.2) is 0 Å². The van der Waals surface area contributed by atoms with Crippen molar-refractivity contribution in [3.63, 3.8) is 0 Å². The van der Waals surface area contributed by atoms with Crippen molar-refractivity contribution >= 4 is 6.29 Å². The van der Waals surface area contributed by atoms with E-state index >= 15 is 0 Å². The van der Waals surface area contributed by atoms with Crippen LogP contribution in [0.15, 0.2) is 0 Å². The third kappa shape index (κ3) is 1.18. The number of rotatable bonds is 1. The Morgan fingerprint density at radius 2 is 2.08 bits per heavy atom. The van der Waals surface area contributed by atoms with Crippen LogP contribution in [0.25, 0.3) is 0 Å². The standard InChI is InChI=1S/C10H17NO/c1-11-9(7-12)6-8-4-2-3-5-10(8)11/h7-10H,2-6H2,1H3. The molecule has 2 rings (SSSR count). The molecule has 1 saturated carbocycles. The predicted octanol–water partition coefficient (Wildman–Crippen LogP) is 1.45. The maximum absolute atomic E-state index is 10.7. The molecule has 0 spiro atoms. The maximum Gasteiger partial charge on any atom is 0.137 e. The molecule has 0 aromatic carbocycles. The number of fused-ring (bicyclic) bond motifs is 1. The zero-order chi connectivity index (χ0) is 8.55. The Bertz CT molecular complexity index is 181. The van der Waals surface area contributed by atoms with Crippen LogP contribution in [-0.4, -0.2) is 30.3 Å². The summed E-state index contributed by atoms with van der Waals surface area (Å²) in [4.78, 5) is 13.0. The van der Waals surface area contributed by atoms with E-state index in [1.807, 2.05) is 0 Å². The number of aldehydes is 1. The van der Waals surface area contributed by atoms with E-state index in [9.17, 15) is 4.79 Å². The average molecular weight is 167 g/mol. The highest BCUT2D eigenvalue weighted by Crippen LogP contribution is 2.37. The zero-order valence-corrected chi connectivity index (χ0v) is 7.70. The minimum absolute atomic E-state index is 0.220. The second-order valence-electron chi connectivity index (χ2n) is 4.22. The van der Waals surface area contributed by atoms with Gasteiger partial charge in [-0.25, -0.2) is 0 Å². The lowest BCUT2D eigenvalue weighted by Crippen LogP contribution is -2.35. The SMILES string of the molecule is CN1C(C=O)CC2CCCCC21. The molecule has 2 nitrogen and oxygen atoms in total. The van der Waals surface area contributed by atoms with Gasteiger partial charge in [0.1, 0.15) is 6.29 Å². The third-order valence-electron chi connectivity index (χ3n) is 3.62. The first kappa shape index (κ1) is 8.24. The van der Waals surface area contributed by atoms with Gasteiger partial charge < -0.3 is 4.79 Å². The van der Waals surface area contributed by atoms with Crippen LogP contribution in [0, 0.1) is 5.92 Å². The van der Waals surface area contributed by atoms with Gasteiger partial charge in [-0.05, 0) is 32.2 Å². The van der Waals surface area contributed by atoms with Gasteiger partial charge in [0.05, 0.1) is 6.04 Å². The Balaban J connectivity index is 2.07. The number of nitrogens with zero attached hydrogens (tertiary/aromatic N) is 1. The summed E-state index contributed by atoms with van der Waals surface area (Å²) in [6.07, 6.45) is 7.63. The second-order valence-corrected chi connectivity index (χ2v) is 4.22. The molecule has 0 aromatic rings. The van der Waals surface area contributed by atoms with Crippen molar-refractivity contribution in [2.24, 2.45) is 5.92 Å². The van der Waals surface area contributed by atoms with Gasteiger partial charge in [-0.3, -0.25) is 4.90 Å². The van der Waals surface area contributed by atoms with Gasteiger partial charge in [-0.1, -0.05) is 12.8 Å². The molecule has 12 heavy (non-hydrogen) atoms. The van der Waals surface area contributed by atoms with Gasteiger partial charge >= 0.3 is 0 Å². The fraction of sp³-hybridized carbons (Fsp3) is 0.900. The summed E-state index contributed by atoms with van der Waals surface area (Å²) in [6.45, 7) is 0. The van der Waals surface area contributed by atoms with Crippen molar-refractivity contribution in [2.45, 2.75) is 44.2 Å². The highest BCUT2D eigenvalue weighted by Gasteiger charge is 2.39. The second kappa shape index (κ2) is 3.17. The third-order valence-corrected chi connectivity index (χ3v) is 3.62. The molecule has 0 radical (unpaired) electrons. The topological polar surface area (TPSA) is 20.3 Å². The maximum atomic E-state index is 10.7. The minimum Gasteiger partial charge on any atom is -0.302 e. The van der Waals surface area contributed by atoms with Gasteiger partial charge in [0, 0.05) is 6.04 Å². The van der Waals surface area contributed by atoms with E-state index in [1.54, 1.807) is 0 Å². The van der Waals surface area contributed by atoms with Crippen LogP contribution in [0.4, 0.5) is 0 Å². The molecule has 68 valence electrons. The molecule has 1 aliphatic heterocycles. The first-order valence-corrected chi connectivity index (χ1v) is 5.00. The summed E-state index contributed by atoms with van der Waals surface area (Å²) in [5.41, 5.74) is 0. The number of hydrogen-bond acceptors (Lipinski definition) is 2. The summed E-state index contributed by atoms with van der Waals surface area (Å²) in [5.74, 6) is 0.818. The van der Waals surface area contributed by atoms with Gasteiger partial charge in [0.2, 0.25) is 0 Å². The summed E-state index contributed by atoms with van der Waals surface area (Å²) in [5, 5.41) is 0. The first-order chi connectivity index (χ1) is 5.83. The normalized spacial score (nSPS) is 42.6. The fourth-order valence-electron chi connectivity index (χ4n) is 2.87. The van der Waals surface area contributed by atoms with Crippen LogP contribution in [0.3, 0.4) is 0 Å². The number of hydrogen-bond donors (Lipinski definition) is 0. The molecule has 2 fully saturated rings. The quantitative estimate of drug-likeness (QED) is 0.551. The van der Waals surface area contributed by atoms with Crippen molar-refractivity contribution in [1.82, 2.24) is 4.90 Å². The number of carbonyl (C=O) groups is 1. The molecule has 1 saturated heterocycles. The van der Waals surface area contributed by atoms with Crippen LogP contribution < -0.4 is 0 Å². The smallest absolute Gasteiger partial charge is 0.137 e. The van der Waals surface area contributed by atoms with E-state index in [0.717, 1.165) is 18.6 Å². The summed E-state index contributed by atoms with van der Waals surface area (Å²) < 4.78 is 0. The van der Waals surface area contributed by atoms with E-state index in [-0.39, 0.29) is 6.04 Å². The van der Waals surface area contributed by atoms with Crippen LogP contribution in [-0.2, 0) is 4.79 Å². The molecule has 2 aliphatic rings. The lowest BCUT2D eigenvalue weighted by Gasteiger charge is -2.29. The molecule has 3 unspecified atom stereocenters. The van der Waals surface area contributed by atoms with Crippen molar-refractivity contribution in [1.29, 1.82) is 0 Å². The zero-order valence-electron chi connectivity index (χ0n) is 7.70. The molecular weight excluding hydrogens is 150 g/mol. The largest absolute Gasteiger partial charge is 0.302 e. The van der Waals surface area contributed by atoms with E-state index in [0.29, 0.717) is 6.04 Å². The van der Waals surface area contributed by atoms with E-state index in [2.05, 4.69) is 11.9 Å². The summed E-state index contributed by atoms with van der Waals surface area (Å²) in [6, 6.07) is 0.937. The molecule has 2 heteroatoms. The highest BCUT2D eigenvalue weighted by molar-refractivity contribution is 5.58. The summed E-state index contributed by atoms with van der Waals surface area (Å²) in [7, 11) is 2.11. The van der Waals surface area contributed by atoms with E-state index in [4.69, 9.17) is 0 Å². The van der Waals surface area contributed by atoms with E-state index in [1.165, 1.54) is 25.7 Å². The molecular formula is C10H17NO. The lowest BCUT2D eigenvalue weighted by atomic mass is 9.85. The van der Waals surface area contributed by atoms with Crippen molar-refractivity contribution in [2.75, 3.05) is 7.05 Å². The van der Waals surface area contributed by atoms with Crippen LogP contribution in [0.1, 0.15) is 32.1 Å². The molecule has 3 atom stereocenters. The highest BCUT2D eigenvalue weighted by atomic mass is 16.1. The minimum atomic E-state index is 0.220.